The number of benzene rings is 2. The molecule has 1 aliphatic heterocycles. The lowest BCUT2D eigenvalue weighted by molar-refractivity contribution is -0.121. The minimum atomic E-state index is -0.329. The fourth-order valence-corrected chi connectivity index (χ4v) is 3.91. The lowest BCUT2D eigenvalue weighted by Crippen LogP contribution is -2.27. The van der Waals surface area contributed by atoms with Gasteiger partial charge in [0.1, 0.15) is 11.6 Å². The maximum atomic E-state index is 13.8. The number of amides is 1. The van der Waals surface area contributed by atoms with Crippen molar-refractivity contribution in [2.24, 2.45) is 0 Å². The van der Waals surface area contributed by atoms with Crippen LogP contribution in [0.5, 0.6) is 0 Å². The summed E-state index contributed by atoms with van der Waals surface area (Å²) in [5, 5.41) is 3.69. The Labute approximate surface area is 168 Å². The van der Waals surface area contributed by atoms with Crippen molar-refractivity contribution >= 4 is 16.8 Å². The normalized spacial score (nSPS) is 16.4. The van der Waals surface area contributed by atoms with Gasteiger partial charge in [-0.15, -0.1) is 0 Å². The van der Waals surface area contributed by atoms with Crippen LogP contribution in [0.3, 0.4) is 0 Å². The van der Waals surface area contributed by atoms with Crippen LogP contribution in [-0.4, -0.2) is 30.1 Å². The molecule has 6 heteroatoms. The summed E-state index contributed by atoms with van der Waals surface area (Å²) in [7, 11) is 0. The van der Waals surface area contributed by atoms with Crippen molar-refractivity contribution in [3.05, 3.63) is 59.7 Å². The van der Waals surface area contributed by atoms with E-state index in [0.717, 1.165) is 53.6 Å². The lowest BCUT2D eigenvalue weighted by Gasteiger charge is -2.10. The first-order chi connectivity index (χ1) is 14.1. The molecule has 1 fully saturated rings. The van der Waals surface area contributed by atoms with Gasteiger partial charge in [-0.1, -0.05) is 0 Å². The first-order valence-electron chi connectivity index (χ1n) is 10.0. The van der Waals surface area contributed by atoms with Crippen molar-refractivity contribution in [3.8, 4) is 11.3 Å². The van der Waals surface area contributed by atoms with E-state index in [-0.39, 0.29) is 23.6 Å². The third-order valence-electron chi connectivity index (χ3n) is 5.42. The number of nitrogens with one attached hydrogen (secondary N) is 2. The van der Waals surface area contributed by atoms with Gasteiger partial charge < -0.3 is 15.0 Å². The Balaban J connectivity index is 1.49. The number of halogens is 2. The topological polar surface area (TPSA) is 54.1 Å². The van der Waals surface area contributed by atoms with Gasteiger partial charge in [-0.25, -0.2) is 8.78 Å². The number of fused-ring (bicyclic) bond motifs is 1. The molecule has 3 aromatic rings. The highest BCUT2D eigenvalue weighted by molar-refractivity contribution is 5.91. The SMILES string of the molecule is O=C(CCc1c(-c2ccc(F)cc2)[nH]c2ccc(F)cc12)NCC[C@H]1CCCO1. The van der Waals surface area contributed by atoms with E-state index in [1.54, 1.807) is 18.2 Å². The molecule has 1 amide bonds. The molecule has 0 unspecified atom stereocenters. The van der Waals surface area contributed by atoms with Crippen molar-refractivity contribution in [1.29, 1.82) is 0 Å². The molecule has 2 aromatic carbocycles. The minimum absolute atomic E-state index is 0.0428. The fourth-order valence-electron chi connectivity index (χ4n) is 3.91. The summed E-state index contributed by atoms with van der Waals surface area (Å²) >= 11 is 0. The molecular formula is C23H24F2N2O2. The minimum Gasteiger partial charge on any atom is -0.378 e. The molecule has 1 atom stereocenters. The molecule has 0 saturated carbocycles. The first kappa shape index (κ1) is 19.6. The largest absolute Gasteiger partial charge is 0.378 e. The average Bonchev–Trinajstić information content (AvgIpc) is 3.35. The van der Waals surface area contributed by atoms with Crippen LogP contribution in [0, 0.1) is 11.6 Å². The molecule has 4 nitrogen and oxygen atoms in total. The summed E-state index contributed by atoms with van der Waals surface area (Å²) in [6, 6.07) is 10.7. The number of carbonyl (C=O) groups is 1. The number of aromatic amines is 1. The zero-order valence-corrected chi connectivity index (χ0v) is 16.1. The molecule has 0 aliphatic carbocycles. The van der Waals surface area contributed by atoms with Crippen LogP contribution in [0.2, 0.25) is 0 Å². The van der Waals surface area contributed by atoms with Gasteiger partial charge in [-0.2, -0.15) is 0 Å². The van der Waals surface area contributed by atoms with Crippen molar-refractivity contribution in [2.45, 2.75) is 38.2 Å². The van der Waals surface area contributed by atoms with E-state index in [1.165, 1.54) is 24.3 Å². The highest BCUT2D eigenvalue weighted by Gasteiger charge is 2.17. The van der Waals surface area contributed by atoms with Crippen molar-refractivity contribution < 1.29 is 18.3 Å². The monoisotopic (exact) mass is 398 g/mol. The van der Waals surface area contributed by atoms with Crippen molar-refractivity contribution in [2.75, 3.05) is 13.2 Å². The van der Waals surface area contributed by atoms with E-state index in [9.17, 15) is 13.6 Å². The van der Waals surface area contributed by atoms with Gasteiger partial charge in [-0.3, -0.25) is 4.79 Å². The fraction of sp³-hybridized carbons (Fsp3) is 0.348. The second kappa shape index (κ2) is 8.74. The van der Waals surface area contributed by atoms with E-state index < -0.39 is 0 Å². The van der Waals surface area contributed by atoms with E-state index >= 15 is 0 Å². The summed E-state index contributed by atoms with van der Waals surface area (Å²) in [4.78, 5) is 15.6. The Bertz CT molecular complexity index is 992. The van der Waals surface area contributed by atoms with Gasteiger partial charge in [0.2, 0.25) is 5.91 Å². The molecule has 2 N–H and O–H groups in total. The predicted molar refractivity (Wildman–Crippen MR) is 109 cm³/mol. The maximum absolute atomic E-state index is 13.8. The maximum Gasteiger partial charge on any atom is 0.220 e. The quantitative estimate of drug-likeness (QED) is 0.605. The molecule has 4 rings (SSSR count). The van der Waals surface area contributed by atoms with Crippen LogP contribution < -0.4 is 5.32 Å². The van der Waals surface area contributed by atoms with Crippen molar-refractivity contribution in [1.82, 2.24) is 10.3 Å². The number of carbonyl (C=O) groups excluding carboxylic acids is 1. The smallest absolute Gasteiger partial charge is 0.220 e. The molecule has 2 heterocycles. The van der Waals surface area contributed by atoms with Crippen LogP contribution >= 0.6 is 0 Å². The number of aryl methyl sites for hydroxylation is 1. The molecule has 0 bridgehead atoms. The molecule has 1 aromatic heterocycles. The van der Waals surface area contributed by atoms with E-state index in [1.807, 2.05) is 0 Å². The third kappa shape index (κ3) is 4.65. The number of ether oxygens (including phenoxy) is 1. The highest BCUT2D eigenvalue weighted by atomic mass is 19.1. The third-order valence-corrected chi connectivity index (χ3v) is 5.42. The van der Waals surface area contributed by atoms with E-state index in [4.69, 9.17) is 4.74 Å². The lowest BCUT2D eigenvalue weighted by atomic mass is 10.0. The van der Waals surface area contributed by atoms with Crippen LogP contribution in [0.15, 0.2) is 42.5 Å². The molecular weight excluding hydrogens is 374 g/mol. The van der Waals surface area contributed by atoms with E-state index in [0.29, 0.717) is 19.4 Å². The molecule has 1 saturated heterocycles. The van der Waals surface area contributed by atoms with Crippen LogP contribution in [0.4, 0.5) is 8.78 Å². The average molecular weight is 398 g/mol. The van der Waals surface area contributed by atoms with Crippen molar-refractivity contribution in [3.63, 3.8) is 0 Å². The number of aromatic nitrogens is 1. The van der Waals surface area contributed by atoms with Gasteiger partial charge in [0.15, 0.2) is 0 Å². The van der Waals surface area contributed by atoms with Gasteiger partial charge in [-0.05, 0) is 79.3 Å². The molecule has 1 aliphatic rings. The summed E-state index contributed by atoms with van der Waals surface area (Å²) in [6.45, 7) is 1.40. The molecule has 0 spiro atoms. The van der Waals surface area contributed by atoms with Crippen LogP contribution in [0.25, 0.3) is 22.2 Å². The second-order valence-corrected chi connectivity index (χ2v) is 7.45. The number of hydrogen-bond donors (Lipinski definition) is 2. The molecule has 0 radical (unpaired) electrons. The van der Waals surface area contributed by atoms with Crippen LogP contribution in [0.1, 0.15) is 31.2 Å². The zero-order chi connectivity index (χ0) is 20.2. The standard InChI is InChI=1S/C23H24F2N2O2/c24-16-5-3-15(4-6-16)23-19(20-14-17(25)7-9-21(20)27-23)8-10-22(28)26-12-11-18-2-1-13-29-18/h3-7,9,14,18,27H,1-2,8,10-13H2,(H,26,28)/t18-/m1/s1. The molecule has 152 valence electrons. The van der Waals surface area contributed by atoms with Crippen LogP contribution in [-0.2, 0) is 16.0 Å². The zero-order valence-electron chi connectivity index (χ0n) is 16.1. The summed E-state index contributed by atoms with van der Waals surface area (Å²) in [5.74, 6) is -0.689. The Kier molecular flexibility index (Phi) is 5.90. The van der Waals surface area contributed by atoms with Gasteiger partial charge in [0.25, 0.3) is 0 Å². The first-order valence-corrected chi connectivity index (χ1v) is 10.0. The summed E-state index contributed by atoms with van der Waals surface area (Å²) < 4.78 is 32.7. The Morgan fingerprint density at radius 2 is 1.93 bits per heavy atom. The van der Waals surface area contributed by atoms with Gasteiger partial charge in [0.05, 0.1) is 6.10 Å². The Morgan fingerprint density at radius 1 is 1.14 bits per heavy atom. The Hall–Kier alpha value is -2.73. The number of H-pyrrole nitrogens is 1. The second-order valence-electron chi connectivity index (χ2n) is 7.45. The van der Waals surface area contributed by atoms with Gasteiger partial charge >= 0.3 is 0 Å². The van der Waals surface area contributed by atoms with E-state index in [2.05, 4.69) is 10.3 Å². The molecule has 29 heavy (non-hydrogen) atoms. The highest BCUT2D eigenvalue weighted by Crippen LogP contribution is 2.32. The summed E-state index contributed by atoms with van der Waals surface area (Å²) in [5.41, 5.74) is 3.24. The summed E-state index contributed by atoms with van der Waals surface area (Å²) in [6.07, 6.45) is 3.97. The number of rotatable bonds is 7. The van der Waals surface area contributed by atoms with Gasteiger partial charge in [0, 0.05) is 36.2 Å². The predicted octanol–water partition coefficient (Wildman–Crippen LogP) is 4.73. The number of hydrogen-bond acceptors (Lipinski definition) is 2. The Morgan fingerprint density at radius 3 is 2.69 bits per heavy atom.